The van der Waals surface area contributed by atoms with E-state index in [1.165, 1.54) is 44.6 Å². The highest BCUT2D eigenvalue weighted by molar-refractivity contribution is 5.81. The van der Waals surface area contributed by atoms with Crippen LogP contribution in [0.3, 0.4) is 0 Å². The molecule has 102 valence electrons. The van der Waals surface area contributed by atoms with Crippen LogP contribution >= 0.6 is 0 Å². The first kappa shape index (κ1) is 13.6. The summed E-state index contributed by atoms with van der Waals surface area (Å²) in [6, 6.07) is 0. The Morgan fingerprint density at radius 1 is 1.17 bits per heavy atom. The van der Waals surface area contributed by atoms with Crippen LogP contribution in [-0.2, 0) is 9.53 Å². The summed E-state index contributed by atoms with van der Waals surface area (Å²) >= 11 is 0. The maximum absolute atomic E-state index is 11.0. The molecule has 0 N–H and O–H groups in total. The van der Waals surface area contributed by atoms with Gasteiger partial charge in [-0.25, -0.2) is 4.79 Å². The van der Waals surface area contributed by atoms with Crippen LogP contribution in [0.15, 0.2) is 12.7 Å². The fourth-order valence-corrected chi connectivity index (χ4v) is 4.08. The van der Waals surface area contributed by atoms with Crippen molar-refractivity contribution in [1.82, 2.24) is 0 Å². The lowest BCUT2D eigenvalue weighted by atomic mass is 9.64. The molecule has 0 aliphatic heterocycles. The second-order valence-corrected chi connectivity index (χ2v) is 6.21. The summed E-state index contributed by atoms with van der Waals surface area (Å²) in [6.07, 6.45) is 10.7. The van der Waals surface area contributed by atoms with Gasteiger partial charge < -0.3 is 4.74 Å². The quantitative estimate of drug-likeness (QED) is 0.545. The van der Waals surface area contributed by atoms with Crippen LogP contribution in [-0.4, -0.2) is 12.6 Å². The van der Waals surface area contributed by atoms with E-state index in [2.05, 4.69) is 13.5 Å². The standard InChI is InChI=1S/C16H26O2/c1-3-12-7-14-9-13(10-15(8-12)11-14)5-6-18-16(17)4-2/h4,12-15H,2-3,5-11H2,1H3. The summed E-state index contributed by atoms with van der Waals surface area (Å²) in [5.41, 5.74) is 0. The molecule has 0 aromatic rings. The fraction of sp³-hybridized carbons (Fsp3) is 0.812. The van der Waals surface area contributed by atoms with E-state index in [9.17, 15) is 4.79 Å². The summed E-state index contributed by atoms with van der Waals surface area (Å²) < 4.78 is 5.10. The molecule has 2 aliphatic rings. The van der Waals surface area contributed by atoms with Crippen molar-refractivity contribution in [3.05, 3.63) is 12.7 Å². The number of hydrogen-bond donors (Lipinski definition) is 0. The second-order valence-electron chi connectivity index (χ2n) is 6.21. The average Bonchev–Trinajstić information content (AvgIpc) is 2.37. The summed E-state index contributed by atoms with van der Waals surface area (Å²) in [4.78, 5) is 11.0. The minimum absolute atomic E-state index is 0.281. The molecule has 2 bridgehead atoms. The molecule has 0 aromatic heterocycles. The first-order valence-corrected chi connectivity index (χ1v) is 7.50. The lowest BCUT2D eigenvalue weighted by Gasteiger charge is -2.42. The van der Waals surface area contributed by atoms with Crippen molar-refractivity contribution >= 4 is 5.97 Å². The fourth-order valence-electron chi connectivity index (χ4n) is 4.08. The van der Waals surface area contributed by atoms with Crippen molar-refractivity contribution < 1.29 is 9.53 Å². The van der Waals surface area contributed by atoms with E-state index in [0.717, 1.165) is 30.1 Å². The maximum atomic E-state index is 11.0. The SMILES string of the molecule is C=CC(=O)OCCC1CC2CC(CC)CC(C1)C2. The van der Waals surface area contributed by atoms with Gasteiger partial charge in [0.05, 0.1) is 6.61 Å². The smallest absolute Gasteiger partial charge is 0.330 e. The maximum Gasteiger partial charge on any atom is 0.330 e. The molecule has 18 heavy (non-hydrogen) atoms. The van der Waals surface area contributed by atoms with Crippen molar-refractivity contribution in [2.45, 2.75) is 51.9 Å². The third kappa shape index (κ3) is 3.60. The molecule has 0 amide bonds. The zero-order chi connectivity index (χ0) is 13.0. The van der Waals surface area contributed by atoms with Gasteiger partial charge in [0.15, 0.2) is 0 Å². The number of fused-ring (bicyclic) bond motifs is 2. The molecule has 0 aromatic carbocycles. The Hall–Kier alpha value is -0.790. The highest BCUT2D eigenvalue weighted by Gasteiger charge is 2.35. The number of rotatable bonds is 5. The van der Waals surface area contributed by atoms with Crippen LogP contribution in [0.5, 0.6) is 0 Å². The number of hydrogen-bond acceptors (Lipinski definition) is 2. The van der Waals surface area contributed by atoms with Crippen LogP contribution < -0.4 is 0 Å². The molecular formula is C16H26O2. The van der Waals surface area contributed by atoms with E-state index in [1.54, 1.807) is 0 Å². The zero-order valence-electron chi connectivity index (χ0n) is 11.6. The van der Waals surface area contributed by atoms with E-state index in [-0.39, 0.29) is 5.97 Å². The van der Waals surface area contributed by atoms with Crippen molar-refractivity contribution in [2.24, 2.45) is 23.7 Å². The Balaban J connectivity index is 1.73. The van der Waals surface area contributed by atoms with Gasteiger partial charge in [-0.3, -0.25) is 0 Å². The van der Waals surface area contributed by atoms with Gasteiger partial charge in [0.1, 0.15) is 0 Å². The lowest BCUT2D eigenvalue weighted by molar-refractivity contribution is -0.138. The van der Waals surface area contributed by atoms with Gasteiger partial charge in [-0.05, 0) is 62.2 Å². The van der Waals surface area contributed by atoms with E-state index < -0.39 is 0 Å². The van der Waals surface area contributed by atoms with Crippen LogP contribution in [0, 0.1) is 23.7 Å². The van der Waals surface area contributed by atoms with E-state index in [0.29, 0.717) is 6.61 Å². The highest BCUT2D eigenvalue weighted by atomic mass is 16.5. The van der Waals surface area contributed by atoms with Crippen molar-refractivity contribution in [1.29, 1.82) is 0 Å². The second kappa shape index (κ2) is 6.40. The first-order valence-electron chi connectivity index (χ1n) is 7.50. The third-order valence-electron chi connectivity index (χ3n) is 4.85. The molecule has 2 nitrogen and oxygen atoms in total. The normalized spacial score (nSPS) is 34.9. The summed E-state index contributed by atoms with van der Waals surface area (Å²) in [7, 11) is 0. The summed E-state index contributed by atoms with van der Waals surface area (Å²) in [6.45, 7) is 6.32. The lowest BCUT2D eigenvalue weighted by Crippen LogP contribution is -2.31. The van der Waals surface area contributed by atoms with Crippen LogP contribution in [0.25, 0.3) is 0 Å². The monoisotopic (exact) mass is 250 g/mol. The predicted octanol–water partition coefficient (Wildman–Crippen LogP) is 3.96. The topological polar surface area (TPSA) is 26.3 Å². The molecule has 2 heteroatoms. The minimum Gasteiger partial charge on any atom is -0.463 e. The molecule has 0 spiro atoms. The molecule has 2 saturated carbocycles. The Bertz CT molecular complexity index is 283. The Kier molecular flexibility index (Phi) is 4.85. The predicted molar refractivity (Wildman–Crippen MR) is 73.1 cm³/mol. The molecule has 2 unspecified atom stereocenters. The summed E-state index contributed by atoms with van der Waals surface area (Å²) in [5.74, 6) is 3.37. The molecule has 0 radical (unpaired) electrons. The molecule has 2 fully saturated rings. The molecule has 0 heterocycles. The van der Waals surface area contributed by atoms with Gasteiger partial charge in [0.2, 0.25) is 0 Å². The highest BCUT2D eigenvalue weighted by Crippen LogP contribution is 2.46. The minimum atomic E-state index is -0.281. The number of carbonyl (C=O) groups is 1. The van der Waals surface area contributed by atoms with Gasteiger partial charge in [-0.2, -0.15) is 0 Å². The van der Waals surface area contributed by atoms with Crippen LogP contribution in [0.4, 0.5) is 0 Å². The molecule has 2 atom stereocenters. The molecule has 2 rings (SSSR count). The van der Waals surface area contributed by atoms with E-state index in [1.807, 2.05) is 0 Å². The number of carbonyl (C=O) groups excluding carboxylic acids is 1. The molecule has 2 aliphatic carbocycles. The van der Waals surface area contributed by atoms with Gasteiger partial charge >= 0.3 is 5.97 Å². The molecule has 0 saturated heterocycles. The first-order chi connectivity index (χ1) is 8.71. The number of ether oxygens (including phenoxy) is 1. The van der Waals surface area contributed by atoms with Crippen molar-refractivity contribution in [2.75, 3.05) is 6.61 Å². The van der Waals surface area contributed by atoms with Crippen molar-refractivity contribution in [3.8, 4) is 0 Å². The van der Waals surface area contributed by atoms with Gasteiger partial charge in [-0.1, -0.05) is 19.9 Å². The zero-order valence-corrected chi connectivity index (χ0v) is 11.6. The Morgan fingerprint density at radius 3 is 2.33 bits per heavy atom. The van der Waals surface area contributed by atoms with Crippen LogP contribution in [0.1, 0.15) is 51.9 Å². The van der Waals surface area contributed by atoms with Gasteiger partial charge in [0.25, 0.3) is 0 Å². The van der Waals surface area contributed by atoms with Gasteiger partial charge in [0, 0.05) is 6.08 Å². The summed E-state index contributed by atoms with van der Waals surface area (Å²) in [5, 5.41) is 0. The number of esters is 1. The Morgan fingerprint density at radius 2 is 1.78 bits per heavy atom. The Labute approximate surface area is 111 Å². The average molecular weight is 250 g/mol. The largest absolute Gasteiger partial charge is 0.463 e. The molecular weight excluding hydrogens is 224 g/mol. The van der Waals surface area contributed by atoms with Crippen LogP contribution in [0.2, 0.25) is 0 Å². The van der Waals surface area contributed by atoms with Gasteiger partial charge in [-0.15, -0.1) is 0 Å². The third-order valence-corrected chi connectivity index (χ3v) is 4.85. The van der Waals surface area contributed by atoms with E-state index in [4.69, 9.17) is 4.74 Å². The van der Waals surface area contributed by atoms with Crippen molar-refractivity contribution in [3.63, 3.8) is 0 Å². The van der Waals surface area contributed by atoms with E-state index >= 15 is 0 Å².